The summed E-state index contributed by atoms with van der Waals surface area (Å²) in [6.07, 6.45) is 1.86. The van der Waals surface area contributed by atoms with Crippen LogP contribution in [-0.2, 0) is 16.0 Å². The summed E-state index contributed by atoms with van der Waals surface area (Å²) >= 11 is 1.33. The average molecular weight is 485 g/mol. The van der Waals surface area contributed by atoms with Gasteiger partial charge in [-0.05, 0) is 57.2 Å². The second-order valence-electron chi connectivity index (χ2n) is 8.44. The van der Waals surface area contributed by atoms with Crippen LogP contribution in [0.5, 0.6) is 0 Å². The molecule has 1 N–H and O–H groups in total. The number of thiophene rings is 1. The number of piperidine rings is 1. The lowest BCUT2D eigenvalue weighted by Gasteiger charge is -2.32. The van der Waals surface area contributed by atoms with Gasteiger partial charge in [0.1, 0.15) is 27.2 Å². The van der Waals surface area contributed by atoms with Gasteiger partial charge in [0.05, 0.1) is 12.0 Å². The predicted octanol–water partition coefficient (Wildman–Crippen LogP) is 4.20. The van der Waals surface area contributed by atoms with E-state index in [-0.39, 0.29) is 23.6 Å². The van der Waals surface area contributed by atoms with Gasteiger partial charge in [0.2, 0.25) is 5.91 Å². The SMILES string of the molecule is CCOC(=O)c1sc2nc(C)nc(N3CCC(C(=O)NCCc4ccccc4F)CC3)c2c1C. The molecule has 1 aliphatic heterocycles. The van der Waals surface area contributed by atoms with Gasteiger partial charge in [-0.2, -0.15) is 0 Å². The molecule has 1 fully saturated rings. The average Bonchev–Trinajstić information content (AvgIpc) is 3.16. The number of anilines is 1. The van der Waals surface area contributed by atoms with Crippen molar-refractivity contribution in [3.8, 4) is 0 Å². The zero-order chi connectivity index (χ0) is 24.2. The van der Waals surface area contributed by atoms with Crippen molar-refractivity contribution in [1.29, 1.82) is 0 Å². The van der Waals surface area contributed by atoms with Gasteiger partial charge in [0, 0.05) is 25.6 Å². The molecular formula is C25H29FN4O3S. The highest BCUT2D eigenvalue weighted by Gasteiger charge is 2.29. The first-order valence-corrected chi connectivity index (χ1v) is 12.4. The number of carbonyl (C=O) groups is 2. The molecule has 4 rings (SSSR count). The predicted molar refractivity (Wildman–Crippen MR) is 131 cm³/mol. The number of aryl methyl sites for hydroxylation is 2. The van der Waals surface area contributed by atoms with Gasteiger partial charge in [-0.15, -0.1) is 11.3 Å². The zero-order valence-corrected chi connectivity index (χ0v) is 20.5. The molecule has 0 radical (unpaired) electrons. The number of benzene rings is 1. The summed E-state index contributed by atoms with van der Waals surface area (Å²) < 4.78 is 19.0. The van der Waals surface area contributed by atoms with Gasteiger partial charge >= 0.3 is 5.97 Å². The summed E-state index contributed by atoms with van der Waals surface area (Å²) in [5.41, 5.74) is 1.44. The third-order valence-corrected chi connectivity index (χ3v) is 7.33. The van der Waals surface area contributed by atoms with Crippen LogP contribution in [-0.4, -0.2) is 48.1 Å². The van der Waals surface area contributed by atoms with Crippen molar-refractivity contribution in [3.63, 3.8) is 0 Å². The summed E-state index contributed by atoms with van der Waals surface area (Å²) in [5.74, 6) is 0.798. The largest absolute Gasteiger partial charge is 0.462 e. The van der Waals surface area contributed by atoms with Gasteiger partial charge in [-0.25, -0.2) is 19.2 Å². The fraction of sp³-hybridized carbons (Fsp3) is 0.440. The molecule has 3 aromatic rings. The number of hydrogen-bond acceptors (Lipinski definition) is 7. The number of carbonyl (C=O) groups excluding carboxylic acids is 2. The molecule has 0 bridgehead atoms. The number of ether oxygens (including phenoxy) is 1. The van der Waals surface area contributed by atoms with Crippen LogP contribution in [0.25, 0.3) is 10.2 Å². The van der Waals surface area contributed by atoms with Crippen molar-refractivity contribution < 1.29 is 18.7 Å². The molecule has 1 saturated heterocycles. The number of nitrogens with one attached hydrogen (secondary N) is 1. The Kier molecular flexibility index (Phi) is 7.41. The van der Waals surface area contributed by atoms with E-state index in [9.17, 15) is 14.0 Å². The van der Waals surface area contributed by atoms with Crippen LogP contribution in [0.2, 0.25) is 0 Å². The summed E-state index contributed by atoms with van der Waals surface area (Å²) in [4.78, 5) is 37.8. The minimum absolute atomic E-state index is 0.0105. The molecule has 1 aliphatic rings. The van der Waals surface area contributed by atoms with Crippen molar-refractivity contribution in [2.75, 3.05) is 31.1 Å². The van der Waals surface area contributed by atoms with E-state index in [1.165, 1.54) is 17.4 Å². The van der Waals surface area contributed by atoms with Crippen molar-refractivity contribution in [2.24, 2.45) is 5.92 Å². The molecule has 0 spiro atoms. The summed E-state index contributed by atoms with van der Waals surface area (Å²) in [6, 6.07) is 6.63. The van der Waals surface area contributed by atoms with Crippen LogP contribution in [0.1, 0.15) is 46.4 Å². The molecule has 0 unspecified atom stereocenters. The van der Waals surface area contributed by atoms with Gasteiger partial charge in [-0.3, -0.25) is 4.79 Å². The highest BCUT2D eigenvalue weighted by molar-refractivity contribution is 7.20. The lowest BCUT2D eigenvalue weighted by molar-refractivity contribution is -0.125. The summed E-state index contributed by atoms with van der Waals surface area (Å²) in [6.45, 7) is 7.63. The van der Waals surface area contributed by atoms with E-state index in [2.05, 4.69) is 15.2 Å². The van der Waals surface area contributed by atoms with Crippen molar-refractivity contribution in [3.05, 3.63) is 51.9 Å². The first-order valence-electron chi connectivity index (χ1n) is 11.6. The van der Waals surface area contributed by atoms with Crippen molar-refractivity contribution in [2.45, 2.75) is 40.0 Å². The van der Waals surface area contributed by atoms with Crippen molar-refractivity contribution >= 4 is 39.2 Å². The van der Waals surface area contributed by atoms with E-state index < -0.39 is 0 Å². The summed E-state index contributed by atoms with van der Waals surface area (Å²) in [7, 11) is 0. The minimum atomic E-state index is -0.336. The Morgan fingerprint density at radius 3 is 2.65 bits per heavy atom. The third kappa shape index (κ3) is 5.04. The number of rotatable bonds is 7. The van der Waals surface area contributed by atoms with Gasteiger partial charge < -0.3 is 15.0 Å². The van der Waals surface area contributed by atoms with E-state index in [1.807, 2.05) is 13.8 Å². The standard InChI is InChI=1S/C25H29FN4O3S/c1-4-33-25(32)21-15(2)20-22(28-16(3)29-24(20)34-21)30-13-10-18(11-14-30)23(31)27-12-9-17-7-5-6-8-19(17)26/h5-8,18H,4,9-14H2,1-3H3,(H,27,31). The lowest BCUT2D eigenvalue weighted by Crippen LogP contribution is -2.41. The Balaban J connectivity index is 1.41. The number of fused-ring (bicyclic) bond motifs is 1. The second kappa shape index (κ2) is 10.5. The Hall–Kier alpha value is -3.07. The molecule has 9 heteroatoms. The van der Waals surface area contributed by atoms with Crippen LogP contribution in [0.15, 0.2) is 24.3 Å². The molecule has 2 aromatic heterocycles. The molecule has 7 nitrogen and oxygen atoms in total. The molecule has 180 valence electrons. The smallest absolute Gasteiger partial charge is 0.348 e. The van der Waals surface area contributed by atoms with Gasteiger partial charge in [0.15, 0.2) is 0 Å². The number of halogens is 1. The van der Waals surface area contributed by atoms with Crippen molar-refractivity contribution in [1.82, 2.24) is 15.3 Å². The van der Waals surface area contributed by atoms with Crippen LogP contribution < -0.4 is 10.2 Å². The van der Waals surface area contributed by atoms with Crippen LogP contribution >= 0.6 is 11.3 Å². The fourth-order valence-electron chi connectivity index (χ4n) is 4.36. The molecule has 34 heavy (non-hydrogen) atoms. The minimum Gasteiger partial charge on any atom is -0.462 e. The van der Waals surface area contributed by atoms with Crippen LogP contribution in [0.3, 0.4) is 0 Å². The topological polar surface area (TPSA) is 84.4 Å². The quantitative estimate of drug-likeness (QED) is 0.506. The molecule has 0 atom stereocenters. The van der Waals surface area contributed by atoms with Crippen LogP contribution in [0.4, 0.5) is 10.2 Å². The number of hydrogen-bond donors (Lipinski definition) is 1. The molecule has 0 aliphatic carbocycles. The van der Waals surface area contributed by atoms with Gasteiger partial charge in [0.25, 0.3) is 0 Å². The molecule has 1 aromatic carbocycles. The number of nitrogens with zero attached hydrogens (tertiary/aromatic N) is 3. The number of aromatic nitrogens is 2. The Labute approximate surface area is 202 Å². The van der Waals surface area contributed by atoms with E-state index in [0.29, 0.717) is 61.8 Å². The Morgan fingerprint density at radius 1 is 1.21 bits per heavy atom. The monoisotopic (exact) mass is 484 g/mol. The molecule has 1 amide bonds. The number of amides is 1. The first kappa shape index (κ1) is 24.1. The molecule has 3 heterocycles. The zero-order valence-electron chi connectivity index (χ0n) is 19.7. The van der Waals surface area contributed by atoms with Gasteiger partial charge in [-0.1, -0.05) is 18.2 Å². The Bertz CT molecular complexity index is 1200. The Morgan fingerprint density at radius 2 is 1.94 bits per heavy atom. The first-order chi connectivity index (χ1) is 16.4. The fourth-order valence-corrected chi connectivity index (χ4v) is 5.48. The third-order valence-electron chi connectivity index (χ3n) is 6.16. The normalized spacial score (nSPS) is 14.4. The number of esters is 1. The van der Waals surface area contributed by atoms with E-state index in [1.54, 1.807) is 25.1 Å². The van der Waals surface area contributed by atoms with E-state index >= 15 is 0 Å². The molecular weight excluding hydrogens is 455 g/mol. The summed E-state index contributed by atoms with van der Waals surface area (Å²) in [5, 5.41) is 3.84. The maximum absolute atomic E-state index is 13.8. The highest BCUT2D eigenvalue weighted by Crippen LogP contribution is 2.37. The van der Waals surface area contributed by atoms with Crippen LogP contribution in [0, 0.1) is 25.6 Å². The highest BCUT2D eigenvalue weighted by atomic mass is 32.1. The van der Waals surface area contributed by atoms with E-state index in [4.69, 9.17) is 9.72 Å². The lowest BCUT2D eigenvalue weighted by atomic mass is 9.95. The molecule has 0 saturated carbocycles. The maximum atomic E-state index is 13.8. The van der Waals surface area contributed by atoms with E-state index in [0.717, 1.165) is 21.6 Å². The second-order valence-corrected chi connectivity index (χ2v) is 9.44. The maximum Gasteiger partial charge on any atom is 0.348 e.